The molecule has 1 aromatic carbocycles. The molecule has 0 aliphatic carbocycles. The van der Waals surface area contributed by atoms with Crippen LogP contribution in [0.3, 0.4) is 0 Å². The van der Waals surface area contributed by atoms with Gasteiger partial charge in [-0.1, -0.05) is 0 Å². The predicted octanol–water partition coefficient (Wildman–Crippen LogP) is 3.60. The fourth-order valence-electron chi connectivity index (χ4n) is 1.69. The van der Waals surface area contributed by atoms with E-state index in [9.17, 15) is 5.11 Å². The Balaban J connectivity index is 2.92. The van der Waals surface area contributed by atoms with E-state index in [0.29, 0.717) is 8.95 Å². The van der Waals surface area contributed by atoms with Crippen molar-refractivity contribution >= 4 is 42.9 Å². The summed E-state index contributed by atoms with van der Waals surface area (Å²) in [5, 5.41) is 9.73. The lowest BCUT2D eigenvalue weighted by molar-refractivity contribution is 0.469. The number of benzene rings is 1. The zero-order valence-electron chi connectivity index (χ0n) is 8.38. The number of hydrogen-bond acceptors (Lipinski definition) is 2. The topological polar surface area (TPSA) is 38.0 Å². The molecule has 0 unspecified atom stereocenters. The first-order chi connectivity index (χ1) is 7.06. The maximum Gasteiger partial charge on any atom is 0.146 e. The number of hydrogen-bond donors (Lipinski definition) is 1. The number of fused-ring (bicyclic) bond motifs is 1. The molecule has 2 aromatic rings. The quantitative estimate of drug-likeness (QED) is 0.866. The van der Waals surface area contributed by atoms with Crippen molar-refractivity contribution in [2.45, 2.75) is 20.4 Å². The van der Waals surface area contributed by atoms with Gasteiger partial charge < -0.3 is 9.67 Å². The van der Waals surface area contributed by atoms with E-state index in [4.69, 9.17) is 0 Å². The molecule has 0 saturated heterocycles. The Morgan fingerprint density at radius 3 is 2.73 bits per heavy atom. The first-order valence-electron chi connectivity index (χ1n) is 4.60. The van der Waals surface area contributed by atoms with Gasteiger partial charge in [0.1, 0.15) is 17.1 Å². The lowest BCUT2D eigenvalue weighted by Crippen LogP contribution is -1.96. The average molecular weight is 334 g/mol. The van der Waals surface area contributed by atoms with Gasteiger partial charge in [-0.25, -0.2) is 4.98 Å². The Morgan fingerprint density at radius 2 is 2.13 bits per heavy atom. The zero-order valence-corrected chi connectivity index (χ0v) is 11.6. The van der Waals surface area contributed by atoms with Gasteiger partial charge in [0, 0.05) is 6.54 Å². The maximum absolute atomic E-state index is 9.73. The summed E-state index contributed by atoms with van der Waals surface area (Å²) in [6.07, 6.45) is 0. The van der Waals surface area contributed by atoms with Crippen molar-refractivity contribution in [2.75, 3.05) is 0 Å². The minimum Gasteiger partial charge on any atom is -0.505 e. The minimum atomic E-state index is 0.197. The van der Waals surface area contributed by atoms with E-state index in [1.54, 1.807) is 0 Å². The first-order valence-corrected chi connectivity index (χ1v) is 6.18. The lowest BCUT2D eigenvalue weighted by atomic mass is 10.3. The third-order valence-corrected chi connectivity index (χ3v) is 3.77. The van der Waals surface area contributed by atoms with E-state index >= 15 is 0 Å². The van der Waals surface area contributed by atoms with Crippen molar-refractivity contribution in [3.8, 4) is 5.75 Å². The van der Waals surface area contributed by atoms with Gasteiger partial charge in [-0.3, -0.25) is 0 Å². The summed E-state index contributed by atoms with van der Waals surface area (Å²) in [5.74, 6) is 1.15. The molecule has 0 aliphatic rings. The summed E-state index contributed by atoms with van der Waals surface area (Å²) in [6, 6.07) is 1.89. The molecule has 0 aliphatic heterocycles. The highest BCUT2D eigenvalue weighted by molar-refractivity contribution is 9.11. The van der Waals surface area contributed by atoms with Crippen LogP contribution in [-0.2, 0) is 6.54 Å². The van der Waals surface area contributed by atoms with Gasteiger partial charge in [-0.15, -0.1) is 0 Å². The normalized spacial score (nSPS) is 11.2. The monoisotopic (exact) mass is 332 g/mol. The molecule has 1 N–H and O–H groups in total. The third-order valence-electron chi connectivity index (χ3n) is 2.42. The molecule has 0 amide bonds. The second-order valence-corrected chi connectivity index (χ2v) is 4.94. The number of halogens is 2. The van der Waals surface area contributed by atoms with Gasteiger partial charge in [0.2, 0.25) is 0 Å². The molecule has 0 saturated carbocycles. The predicted molar refractivity (Wildman–Crippen MR) is 67.2 cm³/mol. The van der Waals surface area contributed by atoms with Crippen LogP contribution in [0.5, 0.6) is 5.75 Å². The summed E-state index contributed by atoms with van der Waals surface area (Å²) < 4.78 is 3.42. The van der Waals surface area contributed by atoms with E-state index in [-0.39, 0.29) is 5.75 Å². The standard InChI is InChI=1S/C10H10Br2N2O/c1-3-14-5(2)13-9-7(14)4-6(11)10(15)8(9)12/h4,15H,3H2,1-2H3. The van der Waals surface area contributed by atoms with Crippen molar-refractivity contribution in [1.82, 2.24) is 9.55 Å². The Hall–Kier alpha value is -0.550. The largest absolute Gasteiger partial charge is 0.505 e. The number of imidazole rings is 1. The number of aryl methyl sites for hydroxylation is 2. The Bertz CT molecular complexity index is 534. The summed E-state index contributed by atoms with van der Waals surface area (Å²) >= 11 is 6.67. The lowest BCUT2D eigenvalue weighted by Gasteiger charge is -2.04. The zero-order chi connectivity index (χ0) is 11.2. The highest BCUT2D eigenvalue weighted by Gasteiger charge is 2.14. The summed E-state index contributed by atoms with van der Waals surface area (Å²) in [4.78, 5) is 4.42. The molecule has 1 heterocycles. The van der Waals surface area contributed by atoms with E-state index in [1.807, 2.05) is 13.0 Å². The van der Waals surface area contributed by atoms with Crippen molar-refractivity contribution < 1.29 is 5.11 Å². The number of aromatic nitrogens is 2. The molecule has 2 rings (SSSR count). The first kappa shape index (κ1) is 11.0. The highest BCUT2D eigenvalue weighted by Crippen LogP contribution is 2.38. The average Bonchev–Trinajstić information content (AvgIpc) is 2.51. The molecule has 15 heavy (non-hydrogen) atoms. The van der Waals surface area contributed by atoms with Crippen LogP contribution < -0.4 is 0 Å². The van der Waals surface area contributed by atoms with Crippen LogP contribution in [-0.4, -0.2) is 14.7 Å². The van der Waals surface area contributed by atoms with Crippen LogP contribution in [0.4, 0.5) is 0 Å². The third kappa shape index (κ3) is 1.58. The van der Waals surface area contributed by atoms with Crippen molar-refractivity contribution in [3.05, 3.63) is 20.8 Å². The van der Waals surface area contributed by atoms with Gasteiger partial charge in [-0.2, -0.15) is 0 Å². The number of aromatic hydroxyl groups is 1. The van der Waals surface area contributed by atoms with Gasteiger partial charge in [0.05, 0.1) is 14.5 Å². The van der Waals surface area contributed by atoms with Crippen molar-refractivity contribution in [2.24, 2.45) is 0 Å². The fraction of sp³-hybridized carbons (Fsp3) is 0.300. The maximum atomic E-state index is 9.73. The van der Waals surface area contributed by atoms with E-state index in [0.717, 1.165) is 23.4 Å². The van der Waals surface area contributed by atoms with Crippen molar-refractivity contribution in [3.63, 3.8) is 0 Å². The smallest absolute Gasteiger partial charge is 0.146 e. The summed E-state index contributed by atoms with van der Waals surface area (Å²) in [6.45, 7) is 4.90. The van der Waals surface area contributed by atoms with Gasteiger partial charge in [-0.05, 0) is 51.8 Å². The molecular weight excluding hydrogens is 324 g/mol. The second kappa shape index (κ2) is 3.79. The molecule has 0 atom stereocenters. The Morgan fingerprint density at radius 1 is 1.47 bits per heavy atom. The molecule has 1 aromatic heterocycles. The Kier molecular flexibility index (Phi) is 2.77. The fourth-order valence-corrected chi connectivity index (χ4v) is 2.88. The van der Waals surface area contributed by atoms with E-state index < -0.39 is 0 Å². The number of rotatable bonds is 1. The molecule has 3 nitrogen and oxygen atoms in total. The van der Waals surface area contributed by atoms with Gasteiger partial charge in [0.25, 0.3) is 0 Å². The molecule has 80 valence electrons. The van der Waals surface area contributed by atoms with Crippen molar-refractivity contribution in [1.29, 1.82) is 0 Å². The molecule has 0 bridgehead atoms. The van der Waals surface area contributed by atoms with E-state index in [1.165, 1.54) is 0 Å². The van der Waals surface area contributed by atoms with Crippen LogP contribution in [0, 0.1) is 6.92 Å². The van der Waals surface area contributed by atoms with Crippen LogP contribution in [0.25, 0.3) is 11.0 Å². The second-order valence-electron chi connectivity index (χ2n) is 3.29. The molecular formula is C10H10Br2N2O. The van der Waals surface area contributed by atoms with Crippen LogP contribution >= 0.6 is 31.9 Å². The number of phenolic OH excluding ortho intramolecular Hbond substituents is 1. The number of nitrogens with zero attached hydrogens (tertiary/aromatic N) is 2. The molecule has 0 spiro atoms. The molecule has 5 heteroatoms. The SMILES string of the molecule is CCn1c(C)nc2c(Br)c(O)c(Br)cc21. The number of phenols is 1. The highest BCUT2D eigenvalue weighted by atomic mass is 79.9. The molecule has 0 radical (unpaired) electrons. The molecule has 0 fully saturated rings. The Labute approximate surface area is 104 Å². The van der Waals surface area contributed by atoms with Crippen LogP contribution in [0.15, 0.2) is 15.0 Å². The van der Waals surface area contributed by atoms with Crippen LogP contribution in [0.1, 0.15) is 12.7 Å². The van der Waals surface area contributed by atoms with Gasteiger partial charge in [0.15, 0.2) is 0 Å². The summed E-state index contributed by atoms with van der Waals surface area (Å²) in [7, 11) is 0. The van der Waals surface area contributed by atoms with E-state index in [2.05, 4.69) is 48.3 Å². The minimum absolute atomic E-state index is 0.197. The van der Waals surface area contributed by atoms with Gasteiger partial charge >= 0.3 is 0 Å². The van der Waals surface area contributed by atoms with Crippen LogP contribution in [0.2, 0.25) is 0 Å². The summed E-state index contributed by atoms with van der Waals surface area (Å²) in [5.41, 5.74) is 1.82.